The Bertz CT molecular complexity index is 578. The van der Waals surface area contributed by atoms with Crippen molar-refractivity contribution < 1.29 is 9.90 Å². The molecule has 1 heterocycles. The van der Waals surface area contributed by atoms with E-state index in [4.69, 9.17) is 0 Å². The van der Waals surface area contributed by atoms with Crippen molar-refractivity contribution >= 4 is 5.91 Å². The van der Waals surface area contributed by atoms with Crippen molar-refractivity contribution in [1.29, 1.82) is 0 Å². The molecule has 0 bridgehead atoms. The Hall–Kier alpha value is -2.14. The lowest BCUT2D eigenvalue weighted by molar-refractivity contribution is -0.120. The van der Waals surface area contributed by atoms with Gasteiger partial charge in [-0.2, -0.15) is 0 Å². The van der Waals surface area contributed by atoms with E-state index in [2.05, 4.69) is 15.3 Å². The van der Waals surface area contributed by atoms with E-state index in [0.29, 0.717) is 12.4 Å². The fourth-order valence-electron chi connectivity index (χ4n) is 1.97. The molecular formula is C15H19N3O2. The van der Waals surface area contributed by atoms with Crippen LogP contribution in [-0.4, -0.2) is 21.0 Å². The number of amides is 1. The van der Waals surface area contributed by atoms with Gasteiger partial charge in [-0.3, -0.25) is 4.79 Å². The summed E-state index contributed by atoms with van der Waals surface area (Å²) in [7, 11) is 0. The molecule has 3 N–H and O–H groups in total. The molecule has 2 rings (SSSR count). The monoisotopic (exact) mass is 273 g/mol. The van der Waals surface area contributed by atoms with Crippen molar-refractivity contribution in [2.75, 3.05) is 0 Å². The molecule has 106 valence electrons. The smallest absolute Gasteiger partial charge is 0.227 e. The molecule has 0 fully saturated rings. The van der Waals surface area contributed by atoms with Gasteiger partial charge in [0.05, 0.1) is 13.0 Å². The molecule has 0 aliphatic heterocycles. The van der Waals surface area contributed by atoms with Crippen LogP contribution in [0.25, 0.3) is 0 Å². The topological polar surface area (TPSA) is 78.0 Å². The first-order chi connectivity index (χ1) is 9.72. The summed E-state index contributed by atoms with van der Waals surface area (Å²) in [4.78, 5) is 19.1. The fraction of sp³-hybridized carbons (Fsp3) is 0.333. The summed E-state index contributed by atoms with van der Waals surface area (Å²) in [6.07, 6.45) is 2.86. The highest BCUT2D eigenvalue weighted by Crippen LogP contribution is 2.08. The summed E-state index contributed by atoms with van der Waals surface area (Å²) in [6.45, 7) is 2.42. The summed E-state index contributed by atoms with van der Waals surface area (Å²) in [6, 6.07) is 7.50. The minimum atomic E-state index is -0.0882. The lowest BCUT2D eigenvalue weighted by Crippen LogP contribution is -2.25. The number of hydrogen-bond donors (Lipinski definition) is 3. The number of aryl methyl sites for hydroxylation is 1. The number of carbonyl (C=O) groups excluding carboxylic acids is 1. The Morgan fingerprint density at radius 1 is 1.35 bits per heavy atom. The molecule has 0 aliphatic rings. The van der Waals surface area contributed by atoms with E-state index in [1.807, 2.05) is 31.2 Å². The summed E-state index contributed by atoms with van der Waals surface area (Å²) in [5.41, 5.74) is 2.79. The highest BCUT2D eigenvalue weighted by molar-refractivity contribution is 5.77. The number of hydrogen-bond acceptors (Lipinski definition) is 3. The standard InChI is InChI=1S/C15H19N3O2/c1-2-13-9-16-14(18-13)7-15(20)17-8-11-5-3-4-6-12(11)10-19/h3-6,9,19H,2,7-8,10H2,1H3,(H,16,18)(H,17,20). The average Bonchev–Trinajstić information content (AvgIpc) is 2.93. The molecule has 0 saturated heterocycles. The van der Waals surface area contributed by atoms with Crippen LogP contribution in [0.2, 0.25) is 0 Å². The van der Waals surface area contributed by atoms with Crippen LogP contribution < -0.4 is 5.32 Å². The third-order valence-electron chi connectivity index (χ3n) is 3.15. The number of aromatic nitrogens is 2. The van der Waals surface area contributed by atoms with Crippen LogP contribution in [0.4, 0.5) is 0 Å². The Balaban J connectivity index is 1.88. The van der Waals surface area contributed by atoms with E-state index in [-0.39, 0.29) is 18.9 Å². The van der Waals surface area contributed by atoms with E-state index in [1.165, 1.54) is 0 Å². The number of rotatable bonds is 6. The lowest BCUT2D eigenvalue weighted by Gasteiger charge is -2.08. The quantitative estimate of drug-likeness (QED) is 0.743. The Labute approximate surface area is 118 Å². The molecule has 0 radical (unpaired) electrons. The van der Waals surface area contributed by atoms with Crippen LogP contribution in [-0.2, 0) is 30.8 Å². The van der Waals surface area contributed by atoms with Crippen LogP contribution in [0, 0.1) is 0 Å². The van der Waals surface area contributed by atoms with Crippen LogP contribution in [0.5, 0.6) is 0 Å². The number of aromatic amines is 1. The predicted octanol–water partition coefficient (Wildman–Crippen LogP) is 1.32. The van der Waals surface area contributed by atoms with Gasteiger partial charge < -0.3 is 15.4 Å². The minimum Gasteiger partial charge on any atom is -0.392 e. The molecule has 5 nitrogen and oxygen atoms in total. The van der Waals surface area contributed by atoms with Gasteiger partial charge in [-0.05, 0) is 17.5 Å². The molecule has 0 atom stereocenters. The second kappa shape index (κ2) is 6.86. The van der Waals surface area contributed by atoms with Crippen molar-refractivity contribution in [3.63, 3.8) is 0 Å². The van der Waals surface area contributed by atoms with Gasteiger partial charge in [-0.15, -0.1) is 0 Å². The number of nitrogens with one attached hydrogen (secondary N) is 2. The predicted molar refractivity (Wildman–Crippen MR) is 75.9 cm³/mol. The lowest BCUT2D eigenvalue weighted by atomic mass is 10.1. The number of imidazole rings is 1. The molecule has 0 unspecified atom stereocenters. The van der Waals surface area contributed by atoms with Gasteiger partial charge in [0, 0.05) is 18.4 Å². The molecule has 2 aromatic rings. The summed E-state index contributed by atoms with van der Waals surface area (Å²) in [5, 5.41) is 12.1. The Morgan fingerprint density at radius 2 is 2.10 bits per heavy atom. The largest absolute Gasteiger partial charge is 0.392 e. The second-order valence-electron chi connectivity index (χ2n) is 4.59. The van der Waals surface area contributed by atoms with Crippen LogP contribution in [0.1, 0.15) is 29.6 Å². The molecule has 0 spiro atoms. The van der Waals surface area contributed by atoms with Crippen molar-refractivity contribution in [1.82, 2.24) is 15.3 Å². The second-order valence-corrected chi connectivity index (χ2v) is 4.59. The summed E-state index contributed by atoms with van der Waals surface area (Å²) in [5.74, 6) is 0.588. The average molecular weight is 273 g/mol. The maximum Gasteiger partial charge on any atom is 0.227 e. The number of aliphatic hydroxyl groups excluding tert-OH is 1. The molecule has 1 amide bonds. The SMILES string of the molecule is CCc1cnc(CC(=O)NCc2ccccc2CO)[nH]1. The minimum absolute atomic E-state index is 0.0237. The highest BCUT2D eigenvalue weighted by Gasteiger charge is 2.07. The number of benzene rings is 1. The van der Waals surface area contributed by atoms with Crippen LogP contribution in [0.3, 0.4) is 0 Å². The van der Waals surface area contributed by atoms with Crippen molar-refractivity contribution in [3.05, 3.63) is 53.1 Å². The molecule has 1 aromatic heterocycles. The highest BCUT2D eigenvalue weighted by atomic mass is 16.3. The molecule has 20 heavy (non-hydrogen) atoms. The van der Waals surface area contributed by atoms with E-state index < -0.39 is 0 Å². The molecule has 0 saturated carbocycles. The third kappa shape index (κ3) is 3.68. The van der Waals surface area contributed by atoms with E-state index in [0.717, 1.165) is 23.2 Å². The van der Waals surface area contributed by atoms with Gasteiger partial charge >= 0.3 is 0 Å². The number of aliphatic hydroxyl groups is 1. The van der Waals surface area contributed by atoms with Gasteiger partial charge in [-0.25, -0.2) is 4.98 Å². The Morgan fingerprint density at radius 3 is 2.75 bits per heavy atom. The fourth-order valence-corrected chi connectivity index (χ4v) is 1.97. The summed E-state index contributed by atoms with van der Waals surface area (Å²) < 4.78 is 0. The van der Waals surface area contributed by atoms with Crippen molar-refractivity contribution in [3.8, 4) is 0 Å². The van der Waals surface area contributed by atoms with Gasteiger partial charge in [0.1, 0.15) is 5.82 Å². The number of H-pyrrole nitrogens is 1. The number of carbonyl (C=O) groups is 1. The van der Waals surface area contributed by atoms with Crippen molar-refractivity contribution in [2.24, 2.45) is 0 Å². The zero-order chi connectivity index (χ0) is 14.4. The molecular weight excluding hydrogens is 254 g/mol. The zero-order valence-electron chi connectivity index (χ0n) is 11.5. The number of nitrogens with zero attached hydrogens (tertiary/aromatic N) is 1. The molecule has 5 heteroatoms. The van der Waals surface area contributed by atoms with Crippen molar-refractivity contribution in [2.45, 2.75) is 32.9 Å². The third-order valence-corrected chi connectivity index (χ3v) is 3.15. The van der Waals surface area contributed by atoms with E-state index in [1.54, 1.807) is 6.20 Å². The van der Waals surface area contributed by atoms with Gasteiger partial charge in [0.25, 0.3) is 0 Å². The van der Waals surface area contributed by atoms with Crippen LogP contribution >= 0.6 is 0 Å². The van der Waals surface area contributed by atoms with E-state index >= 15 is 0 Å². The molecule has 0 aliphatic carbocycles. The van der Waals surface area contributed by atoms with Gasteiger partial charge in [0.15, 0.2) is 0 Å². The van der Waals surface area contributed by atoms with Gasteiger partial charge in [-0.1, -0.05) is 31.2 Å². The van der Waals surface area contributed by atoms with Gasteiger partial charge in [0.2, 0.25) is 5.91 Å². The van der Waals surface area contributed by atoms with E-state index in [9.17, 15) is 9.90 Å². The Kier molecular flexibility index (Phi) is 4.90. The summed E-state index contributed by atoms with van der Waals surface area (Å²) >= 11 is 0. The maximum absolute atomic E-state index is 11.8. The first-order valence-electron chi connectivity index (χ1n) is 6.70. The first kappa shape index (κ1) is 14.3. The normalized spacial score (nSPS) is 10.5. The zero-order valence-corrected chi connectivity index (χ0v) is 11.5. The van der Waals surface area contributed by atoms with Crippen LogP contribution in [0.15, 0.2) is 30.5 Å². The maximum atomic E-state index is 11.8. The molecule has 1 aromatic carbocycles. The first-order valence-corrected chi connectivity index (χ1v) is 6.70.